The summed E-state index contributed by atoms with van der Waals surface area (Å²) >= 11 is 0. The summed E-state index contributed by atoms with van der Waals surface area (Å²) in [4.78, 5) is 0.336. The Hall–Kier alpha value is -0.696. The summed E-state index contributed by atoms with van der Waals surface area (Å²) in [5.41, 5.74) is 3.18. The Kier molecular flexibility index (Phi) is 6.71. The summed E-state index contributed by atoms with van der Waals surface area (Å²) in [7, 11) is -6.89. The summed E-state index contributed by atoms with van der Waals surface area (Å²) in [6.45, 7) is 19.9. The molecular formula is C19H35NO2SSi2. The first kappa shape index (κ1) is 22.3. The molecule has 0 heterocycles. The molecule has 1 N–H and O–H groups in total. The van der Waals surface area contributed by atoms with E-state index in [-0.39, 0.29) is 10.7 Å². The summed E-state index contributed by atoms with van der Waals surface area (Å²) in [5.74, 6) is 0. The molecule has 1 atom stereocenters. The average molecular weight is 398 g/mol. The summed E-state index contributed by atoms with van der Waals surface area (Å²) in [5, 5.41) is 0.0806. The highest BCUT2D eigenvalue weighted by molar-refractivity contribution is 7.89. The molecule has 0 saturated heterocycles. The van der Waals surface area contributed by atoms with Gasteiger partial charge in [-0.05, 0) is 24.1 Å². The first-order valence-electron chi connectivity index (χ1n) is 8.85. The average Bonchev–Trinajstić information content (AvgIpc) is 2.41. The van der Waals surface area contributed by atoms with Crippen LogP contribution in [0.4, 0.5) is 0 Å². The fraction of sp³-hybridized carbons (Fsp3) is 0.579. The number of rotatable bonds is 6. The van der Waals surface area contributed by atoms with E-state index in [4.69, 9.17) is 0 Å². The van der Waals surface area contributed by atoms with Gasteiger partial charge in [0.15, 0.2) is 0 Å². The molecule has 1 aromatic carbocycles. The third-order valence-corrected chi connectivity index (χ3v) is 13.7. The Morgan fingerprint density at radius 3 is 1.88 bits per heavy atom. The van der Waals surface area contributed by atoms with Crippen molar-refractivity contribution in [2.75, 3.05) is 0 Å². The molecule has 25 heavy (non-hydrogen) atoms. The van der Waals surface area contributed by atoms with Gasteiger partial charge in [-0.25, -0.2) is 13.1 Å². The normalized spacial score (nSPS) is 15.6. The van der Waals surface area contributed by atoms with Crippen LogP contribution in [-0.2, 0) is 10.0 Å². The molecule has 0 fully saturated rings. The minimum atomic E-state index is -3.54. The van der Waals surface area contributed by atoms with E-state index in [9.17, 15) is 8.42 Å². The Morgan fingerprint density at radius 2 is 1.48 bits per heavy atom. The minimum Gasteiger partial charge on any atom is -0.207 e. The summed E-state index contributed by atoms with van der Waals surface area (Å²) < 4.78 is 28.9. The number of benzene rings is 1. The van der Waals surface area contributed by atoms with Crippen molar-refractivity contribution >= 4 is 26.2 Å². The van der Waals surface area contributed by atoms with Crippen LogP contribution in [0.1, 0.15) is 26.3 Å². The number of hydrogen-bond acceptors (Lipinski definition) is 2. The topological polar surface area (TPSA) is 46.2 Å². The van der Waals surface area contributed by atoms with Crippen LogP contribution >= 0.6 is 0 Å². The van der Waals surface area contributed by atoms with Crippen LogP contribution in [0.2, 0.25) is 37.8 Å². The van der Waals surface area contributed by atoms with E-state index >= 15 is 0 Å². The lowest BCUT2D eigenvalue weighted by Crippen LogP contribution is -2.56. The van der Waals surface area contributed by atoms with E-state index in [0.717, 1.165) is 5.56 Å². The standard InChI is InChI=1S/C19H35NO2SSi2/c1-16-10-12-17(13-11-16)23(21,22)20-18(14-15-24(5,6)7)25(8,9)19(2,3)4/h10-15,18,20H,1-9H3/b15-14+/t18-/m1/s1. The van der Waals surface area contributed by atoms with Gasteiger partial charge >= 0.3 is 0 Å². The van der Waals surface area contributed by atoms with Gasteiger partial charge in [0.2, 0.25) is 10.0 Å². The van der Waals surface area contributed by atoms with Crippen LogP contribution in [0.5, 0.6) is 0 Å². The predicted molar refractivity (Wildman–Crippen MR) is 115 cm³/mol. The summed E-state index contributed by atoms with van der Waals surface area (Å²) in [6, 6.07) is 7.05. The number of nitrogens with one attached hydrogen (secondary N) is 1. The van der Waals surface area contributed by atoms with E-state index in [1.54, 1.807) is 12.1 Å². The Balaban J connectivity index is 3.29. The number of sulfonamides is 1. The van der Waals surface area contributed by atoms with E-state index in [2.05, 4.69) is 70.0 Å². The third-order valence-electron chi connectivity index (χ3n) is 5.11. The van der Waals surface area contributed by atoms with Gasteiger partial charge in [0, 0.05) is 5.67 Å². The molecule has 6 heteroatoms. The lowest BCUT2D eigenvalue weighted by molar-refractivity contribution is 0.579. The molecule has 0 aliphatic heterocycles. The van der Waals surface area contributed by atoms with Crippen molar-refractivity contribution in [3.8, 4) is 0 Å². The van der Waals surface area contributed by atoms with Gasteiger partial charge in [-0.3, -0.25) is 0 Å². The predicted octanol–water partition coefficient (Wildman–Crippen LogP) is 5.12. The minimum absolute atomic E-state index is 0.0806. The van der Waals surface area contributed by atoms with Crippen molar-refractivity contribution in [3.63, 3.8) is 0 Å². The van der Waals surface area contributed by atoms with Gasteiger partial charge in [-0.15, -0.1) is 0 Å². The first-order valence-corrected chi connectivity index (χ1v) is 17.0. The smallest absolute Gasteiger partial charge is 0.207 e. The SMILES string of the molecule is Cc1ccc(S(=O)(=O)N[C@@H](/C=C/[Si](C)(C)C)[Si](C)(C)C(C)(C)C)cc1. The molecule has 0 aliphatic rings. The molecule has 0 radical (unpaired) electrons. The molecule has 0 aromatic heterocycles. The Morgan fingerprint density at radius 1 is 1.00 bits per heavy atom. The second-order valence-electron chi connectivity index (χ2n) is 9.61. The zero-order valence-corrected chi connectivity index (χ0v) is 20.1. The van der Waals surface area contributed by atoms with Crippen LogP contribution in [0, 0.1) is 6.92 Å². The molecule has 0 saturated carbocycles. The lowest BCUT2D eigenvalue weighted by Gasteiger charge is -2.42. The van der Waals surface area contributed by atoms with Crippen molar-refractivity contribution in [2.45, 2.75) is 76.0 Å². The van der Waals surface area contributed by atoms with Gasteiger partial charge < -0.3 is 0 Å². The molecule has 0 bridgehead atoms. The van der Waals surface area contributed by atoms with Gasteiger partial charge in [0.1, 0.15) is 0 Å². The zero-order chi connectivity index (χ0) is 19.7. The second-order valence-corrected chi connectivity index (χ2v) is 22.0. The Labute approximate surface area is 157 Å². The monoisotopic (exact) mass is 397 g/mol. The molecular weight excluding hydrogens is 362 g/mol. The maximum Gasteiger partial charge on any atom is 0.240 e. The largest absolute Gasteiger partial charge is 0.240 e. The first-order chi connectivity index (χ1) is 11.1. The van der Waals surface area contributed by atoms with Gasteiger partial charge in [0.05, 0.1) is 21.0 Å². The van der Waals surface area contributed by atoms with Crippen LogP contribution in [0.15, 0.2) is 40.9 Å². The number of hydrogen-bond donors (Lipinski definition) is 1. The van der Waals surface area contributed by atoms with Crippen molar-refractivity contribution in [3.05, 3.63) is 41.6 Å². The quantitative estimate of drug-likeness (QED) is 0.677. The molecule has 1 rings (SSSR count). The maximum atomic E-state index is 12.9. The van der Waals surface area contributed by atoms with Crippen LogP contribution in [-0.4, -0.2) is 30.2 Å². The van der Waals surface area contributed by atoms with E-state index in [1.165, 1.54) is 0 Å². The van der Waals surface area contributed by atoms with E-state index < -0.39 is 26.2 Å². The van der Waals surface area contributed by atoms with Gasteiger partial charge in [-0.1, -0.05) is 83.0 Å². The second kappa shape index (κ2) is 7.50. The number of aryl methyl sites for hydroxylation is 1. The van der Waals surface area contributed by atoms with E-state index in [1.807, 2.05) is 19.1 Å². The fourth-order valence-electron chi connectivity index (χ4n) is 2.23. The van der Waals surface area contributed by atoms with Crippen molar-refractivity contribution in [2.24, 2.45) is 0 Å². The van der Waals surface area contributed by atoms with Crippen molar-refractivity contribution in [1.29, 1.82) is 0 Å². The zero-order valence-electron chi connectivity index (χ0n) is 17.3. The highest BCUT2D eigenvalue weighted by atomic mass is 32.2. The third kappa shape index (κ3) is 6.20. The lowest BCUT2D eigenvalue weighted by atomic mass is 10.2. The van der Waals surface area contributed by atoms with Crippen molar-refractivity contribution in [1.82, 2.24) is 4.72 Å². The highest BCUT2D eigenvalue weighted by Gasteiger charge is 2.43. The molecule has 142 valence electrons. The van der Waals surface area contributed by atoms with Gasteiger partial charge in [0.25, 0.3) is 0 Å². The van der Waals surface area contributed by atoms with Crippen LogP contribution < -0.4 is 4.72 Å². The molecule has 0 amide bonds. The van der Waals surface area contributed by atoms with Crippen LogP contribution in [0.25, 0.3) is 0 Å². The highest BCUT2D eigenvalue weighted by Crippen LogP contribution is 2.39. The van der Waals surface area contributed by atoms with Gasteiger partial charge in [-0.2, -0.15) is 0 Å². The molecule has 3 nitrogen and oxygen atoms in total. The molecule has 1 aromatic rings. The molecule has 0 aliphatic carbocycles. The fourth-order valence-corrected chi connectivity index (χ4v) is 7.39. The Bertz CT molecular complexity index is 709. The van der Waals surface area contributed by atoms with Crippen molar-refractivity contribution < 1.29 is 8.42 Å². The summed E-state index contributed by atoms with van der Waals surface area (Å²) in [6.07, 6.45) is 2.13. The maximum absolute atomic E-state index is 12.9. The van der Waals surface area contributed by atoms with E-state index in [0.29, 0.717) is 4.90 Å². The molecule has 0 unspecified atom stereocenters. The molecule has 0 spiro atoms. The van der Waals surface area contributed by atoms with Crippen LogP contribution in [0.3, 0.4) is 0 Å².